The Hall–Kier alpha value is -0.850. The molecule has 0 bridgehead atoms. The van der Waals surface area contributed by atoms with Gasteiger partial charge in [0.25, 0.3) is 0 Å². The lowest BCUT2D eigenvalue weighted by Gasteiger charge is -2.21. The molecular weight excluding hydrogens is 164 g/mol. The molecule has 0 aliphatic heterocycles. The summed E-state index contributed by atoms with van der Waals surface area (Å²) in [6.45, 7) is 1.89. The topological polar surface area (TPSA) is 105 Å². The Morgan fingerprint density at radius 3 is 2.67 bits per heavy atom. The van der Waals surface area contributed by atoms with Gasteiger partial charge < -0.3 is 15.1 Å². The summed E-state index contributed by atoms with van der Waals surface area (Å²) in [6, 6.07) is 0. The lowest BCUT2D eigenvalue weighted by atomic mass is 10.2. The molecule has 0 rings (SSSR count). The van der Waals surface area contributed by atoms with E-state index in [4.69, 9.17) is 10.2 Å². The number of nitrogens with one attached hydrogen (secondary N) is 1. The zero-order chi connectivity index (χ0) is 9.61. The lowest BCUT2D eigenvalue weighted by Crippen LogP contribution is -2.49. The molecule has 0 aromatic carbocycles. The second kappa shape index (κ2) is 4.91. The Labute approximate surface area is 70.3 Å². The predicted molar refractivity (Wildman–Crippen MR) is 40.5 cm³/mol. The third-order valence-electron chi connectivity index (χ3n) is 1.29. The van der Waals surface area contributed by atoms with E-state index in [9.17, 15) is 4.79 Å². The normalized spacial score (nSPS) is 11.0. The molecule has 0 aliphatic rings. The van der Waals surface area contributed by atoms with Crippen molar-refractivity contribution in [2.45, 2.75) is 32.1 Å². The van der Waals surface area contributed by atoms with Crippen molar-refractivity contribution in [3.05, 3.63) is 0 Å². The van der Waals surface area contributed by atoms with Gasteiger partial charge in [0.15, 0.2) is 0 Å². The number of carbonyl (C=O) groups excluding carboxylic acids is 1. The Balaban J connectivity index is 3.77. The number of nitrogens with two attached hydrogens (primary N) is 1. The Morgan fingerprint density at radius 2 is 2.25 bits per heavy atom. The van der Waals surface area contributed by atoms with Crippen molar-refractivity contribution in [3.8, 4) is 0 Å². The zero-order valence-corrected chi connectivity index (χ0v) is 6.91. The smallest absolute Gasteiger partial charge is 0.357 e. The highest BCUT2D eigenvalue weighted by Gasteiger charge is 2.24. The van der Waals surface area contributed by atoms with Crippen molar-refractivity contribution in [1.82, 2.24) is 5.32 Å². The quantitative estimate of drug-likeness (QED) is 0.340. The molecule has 0 spiro atoms. The van der Waals surface area contributed by atoms with Crippen LogP contribution >= 0.6 is 0 Å². The summed E-state index contributed by atoms with van der Waals surface area (Å²) in [5.41, 5.74) is 0. The van der Waals surface area contributed by atoms with E-state index in [0.29, 0.717) is 6.42 Å². The van der Waals surface area contributed by atoms with Gasteiger partial charge in [-0.15, -0.1) is 0 Å². The summed E-state index contributed by atoms with van der Waals surface area (Å²) in [7, 11) is 0. The highest BCUT2D eigenvalue weighted by molar-refractivity contribution is 5.67. The van der Waals surface area contributed by atoms with Crippen molar-refractivity contribution in [3.63, 3.8) is 0 Å². The predicted octanol–water partition coefficient (Wildman–Crippen LogP) is -0.585. The highest BCUT2D eigenvalue weighted by Crippen LogP contribution is 2.06. The van der Waals surface area contributed by atoms with Crippen LogP contribution in [0.4, 0.5) is 4.79 Å². The highest BCUT2D eigenvalue weighted by atomic mass is 16.7. The van der Waals surface area contributed by atoms with Crippen molar-refractivity contribution >= 4 is 6.09 Å². The van der Waals surface area contributed by atoms with Crippen LogP contribution in [0.15, 0.2) is 0 Å². The van der Waals surface area contributed by atoms with Crippen LogP contribution in [-0.4, -0.2) is 22.2 Å². The number of rotatable bonds is 4. The number of unbranched alkanes of at least 4 members (excludes halogenated alkanes) is 1. The van der Waals surface area contributed by atoms with Crippen LogP contribution in [0.25, 0.3) is 0 Å². The maximum atomic E-state index is 10.4. The summed E-state index contributed by atoms with van der Waals surface area (Å²) in [6.07, 6.45) is 0.342. The first kappa shape index (κ1) is 11.2. The maximum absolute atomic E-state index is 10.4. The van der Waals surface area contributed by atoms with Gasteiger partial charge in [0.05, 0.1) is 0 Å². The van der Waals surface area contributed by atoms with Crippen LogP contribution in [0.5, 0.6) is 0 Å². The molecule has 0 fully saturated rings. The number of carbonyl (C=O) groups is 1. The second-order valence-electron chi connectivity index (χ2n) is 2.45. The van der Waals surface area contributed by atoms with Crippen LogP contribution in [0.3, 0.4) is 0 Å². The van der Waals surface area contributed by atoms with E-state index in [1.54, 1.807) is 5.32 Å². The fraction of sp³-hybridized carbons (Fsp3) is 0.833. The van der Waals surface area contributed by atoms with E-state index >= 15 is 0 Å². The zero-order valence-electron chi connectivity index (χ0n) is 6.91. The second-order valence-corrected chi connectivity index (χ2v) is 2.45. The molecular formula is C6H14N2O4. The minimum Gasteiger partial charge on any atom is -0.357 e. The molecule has 0 heterocycles. The molecule has 6 nitrogen and oxygen atoms in total. The maximum Gasteiger partial charge on any atom is 0.430 e. The summed E-state index contributed by atoms with van der Waals surface area (Å²) in [4.78, 5) is 14.1. The van der Waals surface area contributed by atoms with Gasteiger partial charge >= 0.3 is 6.09 Å². The SMILES string of the molecule is CCCCC(O)(O)NC(=O)ON. The van der Waals surface area contributed by atoms with Crippen LogP contribution in [0, 0.1) is 0 Å². The number of amides is 1. The molecule has 1 amide bonds. The third-order valence-corrected chi connectivity index (χ3v) is 1.29. The molecule has 0 aromatic rings. The molecule has 0 saturated carbocycles. The monoisotopic (exact) mass is 178 g/mol. The molecule has 6 heteroatoms. The molecule has 0 unspecified atom stereocenters. The standard InChI is InChI=1S/C6H14N2O4/c1-2-3-4-6(10,11)8-5(9)12-7/h10-11H,2-4,7H2,1H3,(H,8,9). The first-order valence-corrected chi connectivity index (χ1v) is 3.65. The summed E-state index contributed by atoms with van der Waals surface area (Å²) >= 11 is 0. The van der Waals surface area contributed by atoms with Crippen molar-refractivity contribution in [2.24, 2.45) is 5.90 Å². The Kier molecular flexibility index (Phi) is 4.57. The number of hydrogen-bond donors (Lipinski definition) is 4. The molecule has 12 heavy (non-hydrogen) atoms. The van der Waals surface area contributed by atoms with Crippen LogP contribution < -0.4 is 11.2 Å². The van der Waals surface area contributed by atoms with Crippen molar-refractivity contribution in [1.29, 1.82) is 0 Å². The summed E-state index contributed by atoms with van der Waals surface area (Å²) < 4.78 is 0. The largest absolute Gasteiger partial charge is 0.430 e. The summed E-state index contributed by atoms with van der Waals surface area (Å²) in [5.74, 6) is 2.24. The van der Waals surface area contributed by atoms with E-state index in [1.807, 2.05) is 6.92 Å². The Bertz CT molecular complexity index is 148. The first-order chi connectivity index (χ1) is 5.52. The van der Waals surface area contributed by atoms with Crippen molar-refractivity contribution in [2.75, 3.05) is 0 Å². The summed E-state index contributed by atoms with van der Waals surface area (Å²) in [5, 5.41) is 19.8. The van der Waals surface area contributed by atoms with Gasteiger partial charge in [0, 0.05) is 6.42 Å². The molecule has 5 N–H and O–H groups in total. The molecule has 0 saturated heterocycles. The van der Waals surface area contributed by atoms with Crippen LogP contribution in [-0.2, 0) is 4.84 Å². The van der Waals surface area contributed by atoms with Gasteiger partial charge in [0.1, 0.15) is 0 Å². The average Bonchev–Trinajstić information content (AvgIpc) is 2.00. The molecule has 0 atom stereocenters. The molecule has 0 radical (unpaired) electrons. The minimum absolute atomic E-state index is 0.0403. The molecule has 0 aliphatic carbocycles. The van der Waals surface area contributed by atoms with E-state index in [1.165, 1.54) is 0 Å². The third kappa shape index (κ3) is 4.89. The van der Waals surface area contributed by atoms with E-state index in [0.717, 1.165) is 6.42 Å². The van der Waals surface area contributed by atoms with E-state index in [2.05, 4.69) is 10.7 Å². The molecule has 0 aromatic heterocycles. The van der Waals surface area contributed by atoms with Crippen LogP contribution in [0.2, 0.25) is 0 Å². The van der Waals surface area contributed by atoms with Gasteiger partial charge in [-0.3, -0.25) is 5.32 Å². The Morgan fingerprint density at radius 1 is 1.67 bits per heavy atom. The van der Waals surface area contributed by atoms with E-state index in [-0.39, 0.29) is 6.42 Å². The minimum atomic E-state index is -2.23. The first-order valence-electron chi connectivity index (χ1n) is 3.65. The van der Waals surface area contributed by atoms with Gasteiger partial charge in [-0.2, -0.15) is 5.90 Å². The fourth-order valence-electron chi connectivity index (χ4n) is 0.679. The van der Waals surface area contributed by atoms with Crippen LogP contribution in [0.1, 0.15) is 26.2 Å². The number of aliphatic hydroxyl groups is 2. The van der Waals surface area contributed by atoms with E-state index < -0.39 is 12.0 Å². The number of hydrogen-bond acceptors (Lipinski definition) is 5. The lowest BCUT2D eigenvalue weighted by molar-refractivity contribution is -0.184. The van der Waals surface area contributed by atoms with Crippen molar-refractivity contribution < 1.29 is 19.8 Å². The van der Waals surface area contributed by atoms with Gasteiger partial charge in [-0.1, -0.05) is 13.3 Å². The van der Waals surface area contributed by atoms with Gasteiger partial charge in [-0.25, -0.2) is 4.79 Å². The molecule has 72 valence electrons. The fourth-order valence-corrected chi connectivity index (χ4v) is 0.679. The van der Waals surface area contributed by atoms with Gasteiger partial charge in [-0.05, 0) is 6.42 Å². The van der Waals surface area contributed by atoms with Gasteiger partial charge in [0.2, 0.25) is 5.91 Å². The average molecular weight is 178 g/mol.